The SMILES string of the molecule is Cc1nc(N[C@H](C)c2cccc(C(F)(F)F)c2F)c2cc3n(c2n1)CCOC3C1CN(C(=O)CCN(C)C)C1. The molecule has 8 nitrogen and oxygen atoms in total. The van der Waals surface area contributed by atoms with Crippen molar-refractivity contribution in [3.05, 3.63) is 52.7 Å². The lowest BCUT2D eigenvalue weighted by Gasteiger charge is -2.44. The lowest BCUT2D eigenvalue weighted by molar-refractivity contribution is -0.144. The Morgan fingerprint density at radius 2 is 2.00 bits per heavy atom. The Morgan fingerprint density at radius 3 is 2.69 bits per heavy atom. The first kappa shape index (κ1) is 27.3. The van der Waals surface area contributed by atoms with Crippen molar-refractivity contribution >= 4 is 22.8 Å². The number of carbonyl (C=O) groups excluding carboxylic acids is 1. The van der Waals surface area contributed by atoms with Crippen LogP contribution < -0.4 is 5.32 Å². The number of hydrogen-bond acceptors (Lipinski definition) is 6. The molecule has 0 bridgehead atoms. The number of aromatic nitrogens is 3. The highest BCUT2D eigenvalue weighted by atomic mass is 19.4. The number of alkyl halides is 3. The summed E-state index contributed by atoms with van der Waals surface area (Å²) in [4.78, 5) is 25.5. The number of rotatable bonds is 7. The van der Waals surface area contributed by atoms with E-state index in [0.29, 0.717) is 61.9 Å². The summed E-state index contributed by atoms with van der Waals surface area (Å²) in [6, 6.07) is 4.42. The number of nitrogens with zero attached hydrogens (tertiary/aromatic N) is 5. The minimum absolute atomic E-state index is 0.104. The number of ether oxygens (including phenoxy) is 1. The largest absolute Gasteiger partial charge is 0.419 e. The summed E-state index contributed by atoms with van der Waals surface area (Å²) >= 11 is 0. The molecule has 0 aliphatic carbocycles. The van der Waals surface area contributed by atoms with Crippen LogP contribution in [0.15, 0.2) is 24.3 Å². The van der Waals surface area contributed by atoms with Gasteiger partial charge in [-0.15, -0.1) is 0 Å². The zero-order chi connectivity index (χ0) is 28.1. The second kappa shape index (κ2) is 10.4. The van der Waals surface area contributed by atoms with Crippen molar-refractivity contribution in [3.8, 4) is 0 Å². The third kappa shape index (κ3) is 5.31. The lowest BCUT2D eigenvalue weighted by Crippen LogP contribution is -2.53. The number of carbonyl (C=O) groups is 1. The summed E-state index contributed by atoms with van der Waals surface area (Å²) in [7, 11) is 3.87. The van der Waals surface area contributed by atoms with Crippen LogP contribution in [0.25, 0.3) is 11.0 Å². The molecular formula is C27H32F4N6O2. The number of benzene rings is 1. The van der Waals surface area contributed by atoms with E-state index in [-0.39, 0.29) is 23.5 Å². The molecule has 1 fully saturated rings. The first-order chi connectivity index (χ1) is 18.4. The molecule has 4 heterocycles. The van der Waals surface area contributed by atoms with E-state index in [2.05, 4.69) is 19.9 Å². The Balaban J connectivity index is 1.40. The van der Waals surface area contributed by atoms with Crippen LogP contribution >= 0.6 is 0 Å². The Bertz CT molecular complexity index is 1380. The van der Waals surface area contributed by atoms with Gasteiger partial charge in [-0.2, -0.15) is 13.2 Å². The van der Waals surface area contributed by atoms with Crippen LogP contribution in [0.3, 0.4) is 0 Å². The molecule has 2 aliphatic heterocycles. The highest BCUT2D eigenvalue weighted by molar-refractivity contribution is 5.89. The van der Waals surface area contributed by atoms with Crippen molar-refractivity contribution in [2.45, 2.75) is 45.1 Å². The number of amides is 1. The van der Waals surface area contributed by atoms with Gasteiger partial charge in [0.15, 0.2) is 0 Å². The molecule has 5 rings (SSSR count). The van der Waals surface area contributed by atoms with Crippen molar-refractivity contribution in [1.82, 2.24) is 24.3 Å². The molecule has 3 aromatic rings. The minimum atomic E-state index is -4.79. The van der Waals surface area contributed by atoms with Gasteiger partial charge in [-0.25, -0.2) is 14.4 Å². The lowest BCUT2D eigenvalue weighted by atomic mass is 9.90. The van der Waals surface area contributed by atoms with Crippen molar-refractivity contribution in [2.24, 2.45) is 5.92 Å². The van der Waals surface area contributed by atoms with Crippen LogP contribution in [-0.4, -0.2) is 70.6 Å². The number of likely N-dealkylation sites (tertiary alicyclic amines) is 1. The van der Waals surface area contributed by atoms with Gasteiger partial charge in [0.05, 0.1) is 23.6 Å². The van der Waals surface area contributed by atoms with Crippen LogP contribution in [0.5, 0.6) is 0 Å². The number of nitrogens with one attached hydrogen (secondary N) is 1. The Kier molecular flexibility index (Phi) is 7.27. The predicted molar refractivity (Wildman–Crippen MR) is 138 cm³/mol. The monoisotopic (exact) mass is 548 g/mol. The van der Waals surface area contributed by atoms with Crippen LogP contribution in [0.4, 0.5) is 23.4 Å². The second-order valence-electron chi connectivity index (χ2n) is 10.6. The van der Waals surface area contributed by atoms with E-state index in [1.807, 2.05) is 30.0 Å². The van der Waals surface area contributed by atoms with Crippen molar-refractivity contribution in [3.63, 3.8) is 0 Å². The standard InChI is InChI=1S/C27H32F4N6O2/c1-15(18-6-5-7-20(23(18)28)27(29,30)31)32-25-19-12-21-24(17-13-36(14-17)22(38)8-9-35(3)4)39-11-10-37(21)26(19)34-16(2)33-25/h5-7,12,15,17,24H,8-11,13-14H2,1-4H3,(H,32,33,34)/t15-,24?/m1/s1. The smallest absolute Gasteiger partial charge is 0.370 e. The van der Waals surface area contributed by atoms with Gasteiger partial charge >= 0.3 is 6.18 Å². The van der Waals surface area contributed by atoms with E-state index in [9.17, 15) is 22.4 Å². The van der Waals surface area contributed by atoms with Crippen molar-refractivity contribution in [1.29, 1.82) is 0 Å². The number of aryl methyl sites for hydroxylation is 1. The maximum atomic E-state index is 14.8. The molecule has 0 spiro atoms. The van der Waals surface area contributed by atoms with Gasteiger partial charge in [-0.1, -0.05) is 12.1 Å². The molecule has 0 saturated carbocycles. The predicted octanol–water partition coefficient (Wildman–Crippen LogP) is 4.55. The van der Waals surface area contributed by atoms with Gasteiger partial charge in [0, 0.05) is 49.8 Å². The molecule has 0 radical (unpaired) electrons. The fraction of sp³-hybridized carbons (Fsp3) is 0.519. The molecule has 2 atom stereocenters. The van der Waals surface area contributed by atoms with Crippen LogP contribution in [0, 0.1) is 18.7 Å². The molecule has 2 aliphatic rings. The number of halogens is 4. The van der Waals surface area contributed by atoms with E-state index >= 15 is 0 Å². The number of hydrogen-bond donors (Lipinski definition) is 1. The molecule has 210 valence electrons. The molecule has 1 aromatic carbocycles. The third-order valence-corrected chi connectivity index (χ3v) is 7.42. The summed E-state index contributed by atoms with van der Waals surface area (Å²) < 4.78 is 62.9. The fourth-order valence-corrected chi connectivity index (χ4v) is 5.34. The molecule has 12 heteroatoms. The molecular weight excluding hydrogens is 516 g/mol. The molecule has 1 unspecified atom stereocenters. The fourth-order valence-electron chi connectivity index (χ4n) is 5.34. The molecule has 39 heavy (non-hydrogen) atoms. The van der Waals surface area contributed by atoms with Gasteiger partial charge in [-0.05, 0) is 40.1 Å². The van der Waals surface area contributed by atoms with E-state index < -0.39 is 23.6 Å². The van der Waals surface area contributed by atoms with E-state index in [1.54, 1.807) is 13.8 Å². The van der Waals surface area contributed by atoms with E-state index in [0.717, 1.165) is 11.8 Å². The Labute approximate surface area is 223 Å². The van der Waals surface area contributed by atoms with Crippen molar-refractivity contribution in [2.75, 3.05) is 45.7 Å². The summed E-state index contributed by atoms with van der Waals surface area (Å²) in [6.07, 6.45) is -4.54. The molecule has 1 amide bonds. The maximum Gasteiger partial charge on any atom is 0.419 e. The van der Waals surface area contributed by atoms with Gasteiger partial charge in [0.2, 0.25) is 5.91 Å². The third-order valence-electron chi connectivity index (χ3n) is 7.42. The maximum absolute atomic E-state index is 14.8. The average Bonchev–Trinajstić information content (AvgIpc) is 3.20. The van der Waals surface area contributed by atoms with Crippen molar-refractivity contribution < 1.29 is 27.1 Å². The Hall–Kier alpha value is -3.25. The van der Waals surface area contributed by atoms with Gasteiger partial charge in [-0.3, -0.25) is 4.79 Å². The van der Waals surface area contributed by atoms with E-state index in [4.69, 9.17) is 4.74 Å². The highest BCUT2D eigenvalue weighted by Gasteiger charge is 2.40. The van der Waals surface area contributed by atoms with Crippen LogP contribution in [0.2, 0.25) is 0 Å². The van der Waals surface area contributed by atoms with Gasteiger partial charge in [0.1, 0.15) is 29.2 Å². The van der Waals surface area contributed by atoms with E-state index in [1.165, 1.54) is 12.1 Å². The van der Waals surface area contributed by atoms with Crippen LogP contribution in [-0.2, 0) is 22.3 Å². The number of anilines is 1. The quantitative estimate of drug-likeness (QED) is 0.437. The first-order valence-electron chi connectivity index (χ1n) is 13.0. The highest BCUT2D eigenvalue weighted by Crippen LogP contribution is 2.40. The zero-order valence-corrected chi connectivity index (χ0v) is 22.3. The second-order valence-corrected chi connectivity index (χ2v) is 10.6. The minimum Gasteiger partial charge on any atom is -0.370 e. The molecule has 1 N–H and O–H groups in total. The average molecular weight is 549 g/mol. The normalized spacial score (nSPS) is 18.8. The topological polar surface area (TPSA) is 75.5 Å². The molecule has 1 saturated heterocycles. The number of fused-ring (bicyclic) bond motifs is 3. The summed E-state index contributed by atoms with van der Waals surface area (Å²) in [5.41, 5.74) is 0.199. The van der Waals surface area contributed by atoms with Gasteiger partial charge < -0.3 is 24.4 Å². The summed E-state index contributed by atoms with van der Waals surface area (Å²) in [6.45, 7) is 6.33. The molecule has 2 aromatic heterocycles. The summed E-state index contributed by atoms with van der Waals surface area (Å²) in [5.74, 6) is -0.143. The van der Waals surface area contributed by atoms with Crippen LogP contribution in [0.1, 0.15) is 48.1 Å². The van der Waals surface area contributed by atoms with Gasteiger partial charge in [0.25, 0.3) is 0 Å². The zero-order valence-electron chi connectivity index (χ0n) is 22.3. The summed E-state index contributed by atoms with van der Waals surface area (Å²) in [5, 5.41) is 3.80. The first-order valence-corrected chi connectivity index (χ1v) is 13.0. The Morgan fingerprint density at radius 1 is 1.26 bits per heavy atom.